The van der Waals surface area contributed by atoms with E-state index in [0.717, 1.165) is 0 Å². The SMILES string of the molecule is COC(=O)NC(=O)[C@@H](C)N1CCN(S(=O)(=O)c2cccs2)CC1. The van der Waals surface area contributed by atoms with Gasteiger partial charge in [-0.3, -0.25) is 15.0 Å². The van der Waals surface area contributed by atoms with Crippen LogP contribution in [-0.2, 0) is 19.6 Å². The predicted molar refractivity (Wildman–Crippen MR) is 84.7 cm³/mol. The maximum Gasteiger partial charge on any atom is 0.413 e. The minimum absolute atomic E-state index is 0.302. The highest BCUT2D eigenvalue weighted by atomic mass is 32.2. The average Bonchev–Trinajstić information content (AvgIpc) is 3.09. The van der Waals surface area contributed by atoms with Crippen molar-refractivity contribution in [3.05, 3.63) is 17.5 Å². The Morgan fingerprint density at radius 1 is 1.30 bits per heavy atom. The van der Waals surface area contributed by atoms with Crippen molar-refractivity contribution in [2.24, 2.45) is 0 Å². The molecule has 10 heteroatoms. The molecule has 1 aliphatic rings. The van der Waals surface area contributed by atoms with Gasteiger partial charge in [0.05, 0.1) is 13.2 Å². The van der Waals surface area contributed by atoms with E-state index < -0.39 is 28.1 Å². The van der Waals surface area contributed by atoms with Gasteiger partial charge in [0.2, 0.25) is 5.91 Å². The van der Waals surface area contributed by atoms with Crippen molar-refractivity contribution < 1.29 is 22.7 Å². The van der Waals surface area contributed by atoms with Crippen LogP contribution in [0.4, 0.5) is 4.79 Å². The number of hydrogen-bond acceptors (Lipinski definition) is 7. The zero-order valence-corrected chi connectivity index (χ0v) is 14.5. The monoisotopic (exact) mass is 361 g/mol. The fourth-order valence-corrected chi connectivity index (χ4v) is 4.86. The van der Waals surface area contributed by atoms with Gasteiger partial charge in [-0.15, -0.1) is 11.3 Å². The molecule has 8 nitrogen and oxygen atoms in total. The molecule has 0 spiro atoms. The van der Waals surface area contributed by atoms with E-state index in [0.29, 0.717) is 30.4 Å². The lowest BCUT2D eigenvalue weighted by molar-refractivity contribution is -0.125. The third-order valence-corrected chi connectivity index (χ3v) is 6.97. The smallest absolute Gasteiger partial charge is 0.413 e. The van der Waals surface area contributed by atoms with Crippen molar-refractivity contribution in [3.63, 3.8) is 0 Å². The largest absolute Gasteiger partial charge is 0.453 e. The van der Waals surface area contributed by atoms with Crippen LogP contribution in [0.2, 0.25) is 0 Å². The lowest BCUT2D eigenvalue weighted by atomic mass is 10.2. The molecule has 0 unspecified atom stereocenters. The number of carbonyl (C=O) groups is 2. The Bertz CT molecular complexity index is 651. The molecule has 2 amide bonds. The normalized spacial score (nSPS) is 18.3. The second-order valence-electron chi connectivity index (χ2n) is 5.03. The highest BCUT2D eigenvalue weighted by Crippen LogP contribution is 2.22. The number of nitrogens with zero attached hydrogens (tertiary/aromatic N) is 2. The third-order valence-electron chi connectivity index (χ3n) is 3.70. The molecule has 128 valence electrons. The van der Waals surface area contributed by atoms with Crippen molar-refractivity contribution in [2.75, 3.05) is 33.3 Å². The molecule has 1 aromatic rings. The number of rotatable bonds is 4. The molecule has 0 aromatic carbocycles. The van der Waals surface area contributed by atoms with Crippen molar-refractivity contribution >= 4 is 33.4 Å². The van der Waals surface area contributed by atoms with E-state index >= 15 is 0 Å². The van der Waals surface area contributed by atoms with Crippen molar-refractivity contribution in [2.45, 2.75) is 17.2 Å². The Morgan fingerprint density at radius 3 is 2.48 bits per heavy atom. The van der Waals surface area contributed by atoms with Gasteiger partial charge in [0.1, 0.15) is 4.21 Å². The molecule has 0 radical (unpaired) electrons. The van der Waals surface area contributed by atoms with Crippen LogP contribution < -0.4 is 5.32 Å². The molecule has 0 bridgehead atoms. The number of carbonyl (C=O) groups excluding carboxylic acids is 2. The summed E-state index contributed by atoms with van der Waals surface area (Å²) in [5.74, 6) is -0.466. The zero-order chi connectivity index (χ0) is 17.0. The Hall–Kier alpha value is -1.49. The van der Waals surface area contributed by atoms with E-state index in [1.165, 1.54) is 22.8 Å². The first kappa shape index (κ1) is 17.9. The summed E-state index contributed by atoms with van der Waals surface area (Å²) in [7, 11) is -2.28. The summed E-state index contributed by atoms with van der Waals surface area (Å²) in [6, 6.07) is 2.74. The van der Waals surface area contributed by atoms with Crippen LogP contribution in [0.15, 0.2) is 21.7 Å². The molecule has 2 heterocycles. The summed E-state index contributed by atoms with van der Waals surface area (Å²) in [6.45, 7) is 3.11. The van der Waals surface area contributed by atoms with Crippen LogP contribution in [-0.4, -0.2) is 69.0 Å². The molecule has 23 heavy (non-hydrogen) atoms. The van der Waals surface area contributed by atoms with Crippen LogP contribution in [0.5, 0.6) is 0 Å². The first-order valence-electron chi connectivity index (χ1n) is 7.02. The summed E-state index contributed by atoms with van der Waals surface area (Å²) in [4.78, 5) is 24.8. The van der Waals surface area contributed by atoms with E-state index in [1.54, 1.807) is 24.4 Å². The standard InChI is InChI=1S/C13H19N3O5S2/c1-10(12(17)14-13(18)21-2)15-5-7-16(8-6-15)23(19,20)11-4-3-9-22-11/h3-4,9-10H,5-8H2,1-2H3,(H,14,17,18)/t10-/m1/s1. The molecule has 1 N–H and O–H groups in total. The van der Waals surface area contributed by atoms with Crippen LogP contribution in [0.25, 0.3) is 0 Å². The fourth-order valence-electron chi connectivity index (χ4n) is 2.29. The molecule has 1 saturated heterocycles. The molecule has 0 aliphatic carbocycles. The zero-order valence-electron chi connectivity index (χ0n) is 12.9. The van der Waals surface area contributed by atoms with E-state index in [-0.39, 0.29) is 0 Å². The number of thiophene rings is 1. The molecule has 2 rings (SSSR count). The number of amides is 2. The highest BCUT2D eigenvalue weighted by Gasteiger charge is 2.32. The number of sulfonamides is 1. The fraction of sp³-hybridized carbons (Fsp3) is 0.538. The molecule has 1 atom stereocenters. The Labute approximate surface area is 139 Å². The maximum atomic E-state index is 12.4. The van der Waals surface area contributed by atoms with Gasteiger partial charge in [0, 0.05) is 26.2 Å². The van der Waals surface area contributed by atoms with Crippen LogP contribution in [0.3, 0.4) is 0 Å². The molecular formula is C13H19N3O5S2. The lowest BCUT2D eigenvalue weighted by Crippen LogP contribution is -2.55. The third kappa shape index (κ3) is 4.08. The van der Waals surface area contributed by atoms with E-state index in [9.17, 15) is 18.0 Å². The molecule has 0 saturated carbocycles. The van der Waals surface area contributed by atoms with Gasteiger partial charge in [0.15, 0.2) is 0 Å². The number of piperazine rings is 1. The predicted octanol–water partition coefficient (Wildman–Crippen LogP) is 0.325. The lowest BCUT2D eigenvalue weighted by Gasteiger charge is -2.36. The van der Waals surface area contributed by atoms with Gasteiger partial charge in [0.25, 0.3) is 10.0 Å². The van der Waals surface area contributed by atoms with Crippen LogP contribution >= 0.6 is 11.3 Å². The van der Waals surface area contributed by atoms with E-state index in [1.807, 2.05) is 4.90 Å². The van der Waals surface area contributed by atoms with Crippen LogP contribution in [0, 0.1) is 0 Å². The molecule has 1 fully saturated rings. The minimum Gasteiger partial charge on any atom is -0.453 e. The second-order valence-corrected chi connectivity index (χ2v) is 8.14. The summed E-state index contributed by atoms with van der Waals surface area (Å²) in [5, 5.41) is 3.84. The number of hydrogen-bond donors (Lipinski definition) is 1. The summed E-state index contributed by atoms with van der Waals surface area (Å²) < 4.78 is 31.0. The van der Waals surface area contributed by atoms with Crippen molar-refractivity contribution in [3.8, 4) is 0 Å². The Kier molecular flexibility index (Phi) is 5.74. The van der Waals surface area contributed by atoms with Gasteiger partial charge >= 0.3 is 6.09 Å². The molecule has 1 aliphatic heterocycles. The highest BCUT2D eigenvalue weighted by molar-refractivity contribution is 7.91. The molecule has 1 aromatic heterocycles. The Morgan fingerprint density at radius 2 is 1.96 bits per heavy atom. The number of imide groups is 1. The number of alkyl carbamates (subject to hydrolysis) is 1. The van der Waals surface area contributed by atoms with Crippen molar-refractivity contribution in [1.82, 2.24) is 14.5 Å². The number of methoxy groups -OCH3 is 1. The topological polar surface area (TPSA) is 96.0 Å². The average molecular weight is 361 g/mol. The maximum absolute atomic E-state index is 12.4. The van der Waals surface area contributed by atoms with Gasteiger partial charge < -0.3 is 4.74 Å². The molecular weight excluding hydrogens is 342 g/mol. The first-order valence-corrected chi connectivity index (χ1v) is 9.34. The summed E-state index contributed by atoms with van der Waals surface area (Å²) in [6.07, 6.45) is -0.805. The van der Waals surface area contributed by atoms with Gasteiger partial charge in [-0.05, 0) is 18.4 Å². The number of ether oxygens (including phenoxy) is 1. The second kappa shape index (κ2) is 7.39. The minimum atomic E-state index is -3.46. The summed E-state index contributed by atoms with van der Waals surface area (Å²) in [5.41, 5.74) is 0. The van der Waals surface area contributed by atoms with Gasteiger partial charge in [-0.25, -0.2) is 13.2 Å². The quantitative estimate of drug-likeness (QED) is 0.830. The van der Waals surface area contributed by atoms with Gasteiger partial charge in [-0.2, -0.15) is 4.31 Å². The van der Waals surface area contributed by atoms with Gasteiger partial charge in [-0.1, -0.05) is 6.07 Å². The summed E-state index contributed by atoms with van der Waals surface area (Å²) >= 11 is 1.19. The Balaban J connectivity index is 1.93. The number of nitrogens with one attached hydrogen (secondary N) is 1. The van der Waals surface area contributed by atoms with E-state index in [2.05, 4.69) is 10.1 Å². The van der Waals surface area contributed by atoms with E-state index in [4.69, 9.17) is 0 Å². The van der Waals surface area contributed by atoms with Crippen molar-refractivity contribution in [1.29, 1.82) is 0 Å². The first-order chi connectivity index (χ1) is 10.9. The van der Waals surface area contributed by atoms with Crippen LogP contribution in [0.1, 0.15) is 6.92 Å².